The van der Waals surface area contributed by atoms with Gasteiger partial charge in [0.1, 0.15) is 17.7 Å². The van der Waals surface area contributed by atoms with Crippen molar-refractivity contribution in [2.24, 2.45) is 5.73 Å². The van der Waals surface area contributed by atoms with Gasteiger partial charge in [0.15, 0.2) is 0 Å². The predicted octanol–water partition coefficient (Wildman–Crippen LogP) is 1.88. The Morgan fingerprint density at radius 3 is 2.60 bits per heavy atom. The van der Waals surface area contributed by atoms with Crippen LogP contribution in [0.25, 0.3) is 0 Å². The summed E-state index contributed by atoms with van der Waals surface area (Å²) in [4.78, 5) is 13.2. The molecule has 0 fully saturated rings. The smallest absolute Gasteiger partial charge is 0.242 e. The minimum atomic E-state index is -0.825. The van der Waals surface area contributed by atoms with E-state index in [1.807, 2.05) is 0 Å². The monoisotopic (exact) mass is 308 g/mol. The SMILES string of the molecule is COCC(N)C(=O)N(C)C(C)c1cc(F)ccc1F.Cl. The van der Waals surface area contributed by atoms with Crippen molar-refractivity contribution in [3.63, 3.8) is 0 Å². The molecular weight excluding hydrogens is 290 g/mol. The molecule has 1 aromatic rings. The molecule has 2 N–H and O–H groups in total. The zero-order valence-corrected chi connectivity index (χ0v) is 12.4. The van der Waals surface area contributed by atoms with Gasteiger partial charge in [-0.15, -0.1) is 12.4 Å². The molecule has 2 unspecified atom stereocenters. The van der Waals surface area contributed by atoms with Crippen molar-refractivity contribution in [3.05, 3.63) is 35.4 Å². The zero-order chi connectivity index (χ0) is 14.6. The predicted molar refractivity (Wildman–Crippen MR) is 74.6 cm³/mol. The average Bonchev–Trinajstić information content (AvgIpc) is 2.39. The lowest BCUT2D eigenvalue weighted by atomic mass is 10.1. The molecule has 1 amide bonds. The van der Waals surface area contributed by atoms with Gasteiger partial charge in [0.25, 0.3) is 0 Å². The summed E-state index contributed by atoms with van der Waals surface area (Å²) in [5.74, 6) is -1.50. The summed E-state index contributed by atoms with van der Waals surface area (Å²) in [6.45, 7) is 1.68. The van der Waals surface area contributed by atoms with Gasteiger partial charge in [-0.3, -0.25) is 4.79 Å². The van der Waals surface area contributed by atoms with Crippen LogP contribution >= 0.6 is 12.4 Å². The fourth-order valence-electron chi connectivity index (χ4n) is 1.75. The number of rotatable bonds is 5. The fraction of sp³-hybridized carbons (Fsp3) is 0.462. The normalized spacial score (nSPS) is 13.3. The number of likely N-dealkylation sites (N-methyl/N-ethyl adjacent to an activating group) is 1. The molecule has 7 heteroatoms. The summed E-state index contributed by atoms with van der Waals surface area (Å²) in [5, 5.41) is 0. The molecule has 0 aromatic heterocycles. The molecule has 0 aliphatic rings. The highest BCUT2D eigenvalue weighted by atomic mass is 35.5. The summed E-state index contributed by atoms with van der Waals surface area (Å²) in [7, 11) is 2.93. The Labute approximate surface area is 123 Å². The topological polar surface area (TPSA) is 55.6 Å². The van der Waals surface area contributed by atoms with E-state index < -0.39 is 29.6 Å². The van der Waals surface area contributed by atoms with Gasteiger partial charge in [-0.1, -0.05) is 0 Å². The Hall–Kier alpha value is -1.24. The Kier molecular flexibility index (Phi) is 7.63. The molecule has 4 nitrogen and oxygen atoms in total. The van der Waals surface area contributed by atoms with Crippen LogP contribution in [-0.2, 0) is 9.53 Å². The van der Waals surface area contributed by atoms with Crippen molar-refractivity contribution in [2.45, 2.75) is 19.0 Å². The molecule has 2 atom stereocenters. The Morgan fingerprint density at radius 1 is 1.45 bits per heavy atom. The van der Waals surface area contributed by atoms with Crippen LogP contribution in [0.1, 0.15) is 18.5 Å². The van der Waals surface area contributed by atoms with Crippen molar-refractivity contribution < 1.29 is 18.3 Å². The van der Waals surface area contributed by atoms with Crippen LogP contribution in [0.5, 0.6) is 0 Å². The third-order valence-corrected chi connectivity index (χ3v) is 3.00. The van der Waals surface area contributed by atoms with Crippen LogP contribution in [0.3, 0.4) is 0 Å². The van der Waals surface area contributed by atoms with Crippen molar-refractivity contribution in [1.29, 1.82) is 0 Å². The van der Waals surface area contributed by atoms with Gasteiger partial charge in [0, 0.05) is 19.7 Å². The van der Waals surface area contributed by atoms with E-state index >= 15 is 0 Å². The van der Waals surface area contributed by atoms with Crippen LogP contribution in [0.4, 0.5) is 8.78 Å². The lowest BCUT2D eigenvalue weighted by Crippen LogP contribution is -2.45. The van der Waals surface area contributed by atoms with E-state index in [9.17, 15) is 13.6 Å². The third-order valence-electron chi connectivity index (χ3n) is 3.00. The third kappa shape index (κ3) is 4.40. The van der Waals surface area contributed by atoms with E-state index in [-0.39, 0.29) is 24.6 Å². The maximum Gasteiger partial charge on any atom is 0.242 e. The van der Waals surface area contributed by atoms with Gasteiger partial charge in [-0.2, -0.15) is 0 Å². The molecule has 114 valence electrons. The number of carbonyl (C=O) groups excluding carboxylic acids is 1. The largest absolute Gasteiger partial charge is 0.383 e. The number of halogens is 3. The highest BCUT2D eigenvalue weighted by molar-refractivity contribution is 5.85. The molecule has 0 saturated carbocycles. The second kappa shape index (κ2) is 8.14. The van der Waals surface area contributed by atoms with Crippen molar-refractivity contribution >= 4 is 18.3 Å². The fourth-order valence-corrected chi connectivity index (χ4v) is 1.75. The molecule has 0 spiro atoms. The summed E-state index contributed by atoms with van der Waals surface area (Å²) in [5.41, 5.74) is 5.74. The van der Waals surface area contributed by atoms with Gasteiger partial charge < -0.3 is 15.4 Å². The number of nitrogens with two attached hydrogens (primary N) is 1. The van der Waals surface area contributed by atoms with Crippen molar-refractivity contribution in [3.8, 4) is 0 Å². The van der Waals surface area contributed by atoms with E-state index in [1.54, 1.807) is 6.92 Å². The number of nitrogens with zero attached hydrogens (tertiary/aromatic N) is 1. The maximum atomic E-state index is 13.6. The molecule has 0 heterocycles. The summed E-state index contributed by atoms with van der Waals surface area (Å²) in [6, 6.07) is 1.70. The van der Waals surface area contributed by atoms with E-state index in [2.05, 4.69) is 0 Å². The standard InChI is InChI=1S/C13H18F2N2O2.ClH/c1-8(10-6-9(14)4-5-11(10)15)17(2)13(18)12(16)7-19-3;/h4-6,8,12H,7,16H2,1-3H3;1H. The van der Waals surface area contributed by atoms with Gasteiger partial charge in [0.2, 0.25) is 5.91 Å². The van der Waals surface area contributed by atoms with E-state index in [0.29, 0.717) is 0 Å². The first-order chi connectivity index (χ1) is 8.88. The number of carbonyl (C=O) groups is 1. The first-order valence-electron chi connectivity index (χ1n) is 5.84. The minimum Gasteiger partial charge on any atom is -0.383 e. The van der Waals surface area contributed by atoms with Gasteiger partial charge in [-0.25, -0.2) is 8.78 Å². The molecular formula is C13H19ClF2N2O2. The molecule has 20 heavy (non-hydrogen) atoms. The molecule has 0 bridgehead atoms. The summed E-state index contributed by atoms with van der Waals surface area (Å²) in [6.07, 6.45) is 0. The van der Waals surface area contributed by atoms with Crippen molar-refractivity contribution in [1.82, 2.24) is 4.90 Å². The highest BCUT2D eigenvalue weighted by Gasteiger charge is 2.24. The molecule has 0 saturated heterocycles. The van der Waals surface area contributed by atoms with Crippen LogP contribution in [0.15, 0.2) is 18.2 Å². The number of methoxy groups -OCH3 is 1. The molecule has 1 aromatic carbocycles. The lowest BCUT2D eigenvalue weighted by Gasteiger charge is -2.28. The zero-order valence-electron chi connectivity index (χ0n) is 11.6. The molecule has 0 aliphatic carbocycles. The van der Waals surface area contributed by atoms with Crippen molar-refractivity contribution in [2.75, 3.05) is 20.8 Å². The number of ether oxygens (including phenoxy) is 1. The summed E-state index contributed by atoms with van der Waals surface area (Å²) < 4.78 is 31.6. The lowest BCUT2D eigenvalue weighted by molar-refractivity contribution is -0.134. The number of amides is 1. The minimum absolute atomic E-state index is 0. The highest BCUT2D eigenvalue weighted by Crippen LogP contribution is 2.23. The summed E-state index contributed by atoms with van der Waals surface area (Å²) >= 11 is 0. The quantitative estimate of drug-likeness (QED) is 0.903. The Bertz CT molecular complexity index is 460. The Balaban J connectivity index is 0.00000361. The molecule has 0 radical (unpaired) electrons. The van der Waals surface area contributed by atoms with E-state index in [0.717, 1.165) is 18.2 Å². The van der Waals surface area contributed by atoms with Crippen LogP contribution < -0.4 is 5.73 Å². The average molecular weight is 309 g/mol. The van der Waals surface area contributed by atoms with Crippen LogP contribution in [-0.4, -0.2) is 37.6 Å². The van der Waals surface area contributed by atoms with E-state index in [4.69, 9.17) is 10.5 Å². The van der Waals surface area contributed by atoms with Crippen LogP contribution in [0.2, 0.25) is 0 Å². The van der Waals surface area contributed by atoms with Crippen LogP contribution in [0, 0.1) is 11.6 Å². The second-order valence-electron chi connectivity index (χ2n) is 4.35. The molecule has 1 rings (SSSR count). The second-order valence-corrected chi connectivity index (χ2v) is 4.35. The van der Waals surface area contributed by atoms with E-state index in [1.165, 1.54) is 19.1 Å². The molecule has 0 aliphatic heterocycles. The Morgan fingerprint density at radius 2 is 2.05 bits per heavy atom. The number of benzene rings is 1. The maximum absolute atomic E-state index is 13.6. The van der Waals surface area contributed by atoms with Gasteiger partial charge >= 0.3 is 0 Å². The number of hydrogen-bond donors (Lipinski definition) is 1. The first kappa shape index (κ1) is 18.8. The first-order valence-corrected chi connectivity index (χ1v) is 5.84. The van der Waals surface area contributed by atoms with Gasteiger partial charge in [-0.05, 0) is 25.1 Å². The number of hydrogen-bond acceptors (Lipinski definition) is 3. The van der Waals surface area contributed by atoms with Gasteiger partial charge in [0.05, 0.1) is 12.6 Å².